The van der Waals surface area contributed by atoms with E-state index in [9.17, 15) is 0 Å². The Labute approximate surface area is 118 Å². The van der Waals surface area contributed by atoms with Crippen molar-refractivity contribution in [1.82, 2.24) is 10.7 Å². The van der Waals surface area contributed by atoms with E-state index in [-0.39, 0.29) is 0 Å². The third kappa shape index (κ3) is 3.57. The van der Waals surface area contributed by atoms with Gasteiger partial charge in [-0.3, -0.25) is 5.43 Å². The number of ether oxygens (including phenoxy) is 2. The van der Waals surface area contributed by atoms with Gasteiger partial charge in [0.05, 0.1) is 18.9 Å². The molecule has 0 spiro atoms. The highest BCUT2D eigenvalue weighted by Crippen LogP contribution is 2.30. The summed E-state index contributed by atoms with van der Waals surface area (Å²) in [6.07, 6.45) is 0.898. The number of nitrogens with one attached hydrogen (secondary N) is 2. The van der Waals surface area contributed by atoms with Crippen LogP contribution >= 0.6 is 12.2 Å². The highest BCUT2D eigenvalue weighted by Gasteiger charge is 2.11. The number of rotatable bonds is 2. The number of benzene rings is 1. The van der Waals surface area contributed by atoms with Crippen LogP contribution in [0.25, 0.3) is 0 Å². The molecule has 0 fully saturated rings. The Morgan fingerprint density at radius 2 is 2.00 bits per heavy atom. The van der Waals surface area contributed by atoms with Gasteiger partial charge in [0.1, 0.15) is 0 Å². The zero-order valence-corrected chi connectivity index (χ0v) is 11.8. The molecule has 0 radical (unpaired) electrons. The average molecular weight is 279 g/mol. The molecule has 0 unspecified atom stereocenters. The Morgan fingerprint density at radius 3 is 2.74 bits per heavy atom. The summed E-state index contributed by atoms with van der Waals surface area (Å²) in [7, 11) is 1.74. The predicted molar refractivity (Wildman–Crippen MR) is 79.1 cm³/mol. The molecule has 0 atom stereocenters. The fourth-order valence-electron chi connectivity index (χ4n) is 1.64. The Morgan fingerprint density at radius 1 is 1.26 bits per heavy atom. The normalized spacial score (nSPS) is 14.5. The topological polar surface area (TPSA) is 54.9 Å². The summed E-state index contributed by atoms with van der Waals surface area (Å²) in [6, 6.07) is 5.80. The van der Waals surface area contributed by atoms with Gasteiger partial charge in [-0.05, 0) is 37.3 Å². The molecular formula is C13H17N3O2S. The van der Waals surface area contributed by atoms with Gasteiger partial charge in [0.25, 0.3) is 0 Å². The van der Waals surface area contributed by atoms with Crippen molar-refractivity contribution in [3.05, 3.63) is 23.8 Å². The van der Waals surface area contributed by atoms with E-state index in [0.29, 0.717) is 18.3 Å². The van der Waals surface area contributed by atoms with Crippen LogP contribution in [0.15, 0.2) is 23.3 Å². The van der Waals surface area contributed by atoms with Gasteiger partial charge in [0.15, 0.2) is 16.6 Å². The second kappa shape index (κ2) is 6.38. The Kier molecular flexibility index (Phi) is 4.57. The zero-order valence-electron chi connectivity index (χ0n) is 11.0. The minimum atomic E-state index is 0.480. The maximum absolute atomic E-state index is 5.65. The first-order chi connectivity index (χ1) is 9.20. The van der Waals surface area contributed by atoms with Gasteiger partial charge in [-0.15, -0.1) is 0 Å². The van der Waals surface area contributed by atoms with Crippen molar-refractivity contribution in [2.45, 2.75) is 13.3 Å². The van der Waals surface area contributed by atoms with Crippen LogP contribution in [0.2, 0.25) is 0 Å². The van der Waals surface area contributed by atoms with E-state index >= 15 is 0 Å². The summed E-state index contributed by atoms with van der Waals surface area (Å²) in [5.74, 6) is 1.55. The molecule has 0 aliphatic carbocycles. The minimum absolute atomic E-state index is 0.480. The van der Waals surface area contributed by atoms with Crippen molar-refractivity contribution in [3.63, 3.8) is 0 Å². The minimum Gasteiger partial charge on any atom is -0.490 e. The van der Waals surface area contributed by atoms with Crippen molar-refractivity contribution < 1.29 is 9.47 Å². The molecule has 1 aliphatic rings. The number of nitrogens with zero attached hydrogens (tertiary/aromatic N) is 1. The van der Waals surface area contributed by atoms with Crippen LogP contribution < -0.4 is 20.2 Å². The number of hydrogen-bond acceptors (Lipinski definition) is 4. The van der Waals surface area contributed by atoms with Crippen LogP contribution in [0.1, 0.15) is 18.9 Å². The largest absolute Gasteiger partial charge is 0.490 e. The summed E-state index contributed by atoms with van der Waals surface area (Å²) >= 11 is 4.96. The van der Waals surface area contributed by atoms with Gasteiger partial charge in [-0.2, -0.15) is 5.10 Å². The first-order valence-electron chi connectivity index (χ1n) is 6.12. The number of fused-ring (bicyclic) bond motifs is 1. The number of thiocarbonyl (C=S) groups is 1. The molecule has 0 bridgehead atoms. The zero-order chi connectivity index (χ0) is 13.7. The quantitative estimate of drug-likeness (QED) is 0.490. The Balaban J connectivity index is 2.16. The number of hydrogen-bond donors (Lipinski definition) is 2. The molecule has 6 heteroatoms. The van der Waals surface area contributed by atoms with Crippen LogP contribution in [0, 0.1) is 0 Å². The fourth-order valence-corrected chi connectivity index (χ4v) is 1.69. The van der Waals surface area contributed by atoms with Crippen molar-refractivity contribution in [3.8, 4) is 11.5 Å². The lowest BCUT2D eigenvalue weighted by molar-refractivity contribution is 0.297. The number of hydrazone groups is 1. The van der Waals surface area contributed by atoms with Gasteiger partial charge in [0, 0.05) is 19.0 Å². The SMILES string of the molecule is CNC(=S)N/N=C(/C)c1ccc2c(c1)OCCCO2. The van der Waals surface area contributed by atoms with E-state index in [1.807, 2.05) is 25.1 Å². The van der Waals surface area contributed by atoms with Crippen molar-refractivity contribution >= 4 is 23.0 Å². The van der Waals surface area contributed by atoms with Gasteiger partial charge < -0.3 is 14.8 Å². The predicted octanol–water partition coefficient (Wildman–Crippen LogP) is 1.67. The van der Waals surface area contributed by atoms with E-state index < -0.39 is 0 Å². The molecule has 0 amide bonds. The van der Waals surface area contributed by atoms with Crippen LogP contribution in [0.3, 0.4) is 0 Å². The van der Waals surface area contributed by atoms with Crippen molar-refractivity contribution in [2.75, 3.05) is 20.3 Å². The molecular weight excluding hydrogens is 262 g/mol. The van der Waals surface area contributed by atoms with Gasteiger partial charge in [-0.25, -0.2) is 0 Å². The van der Waals surface area contributed by atoms with Crippen LogP contribution in [-0.4, -0.2) is 31.1 Å². The first-order valence-corrected chi connectivity index (χ1v) is 6.53. The lowest BCUT2D eigenvalue weighted by atomic mass is 10.1. The van der Waals surface area contributed by atoms with Gasteiger partial charge in [-0.1, -0.05) is 0 Å². The highest BCUT2D eigenvalue weighted by molar-refractivity contribution is 7.80. The average Bonchev–Trinajstić information content (AvgIpc) is 2.68. The molecule has 0 aromatic heterocycles. The summed E-state index contributed by atoms with van der Waals surface area (Å²) in [4.78, 5) is 0. The van der Waals surface area contributed by atoms with Crippen LogP contribution in [-0.2, 0) is 0 Å². The van der Waals surface area contributed by atoms with E-state index in [4.69, 9.17) is 21.7 Å². The monoisotopic (exact) mass is 279 g/mol. The Hall–Kier alpha value is -1.82. The molecule has 0 saturated heterocycles. The van der Waals surface area contributed by atoms with Crippen molar-refractivity contribution in [1.29, 1.82) is 0 Å². The molecule has 5 nitrogen and oxygen atoms in total. The summed E-state index contributed by atoms with van der Waals surface area (Å²) < 4.78 is 11.2. The highest BCUT2D eigenvalue weighted by atomic mass is 32.1. The molecule has 0 saturated carbocycles. The summed E-state index contributed by atoms with van der Waals surface area (Å²) in [6.45, 7) is 3.27. The summed E-state index contributed by atoms with van der Waals surface area (Å²) in [5.41, 5.74) is 4.55. The molecule has 2 N–H and O–H groups in total. The van der Waals surface area contributed by atoms with Crippen molar-refractivity contribution in [2.24, 2.45) is 5.10 Å². The summed E-state index contributed by atoms with van der Waals surface area (Å²) in [5, 5.41) is 7.48. The lowest BCUT2D eigenvalue weighted by Crippen LogP contribution is -2.29. The smallest absolute Gasteiger partial charge is 0.186 e. The van der Waals surface area contributed by atoms with E-state index in [0.717, 1.165) is 29.2 Å². The molecule has 102 valence electrons. The molecule has 2 rings (SSSR count). The molecule has 19 heavy (non-hydrogen) atoms. The molecule has 1 aliphatic heterocycles. The van der Waals surface area contributed by atoms with Gasteiger partial charge in [0.2, 0.25) is 0 Å². The second-order valence-electron chi connectivity index (χ2n) is 4.10. The molecule has 1 aromatic carbocycles. The maximum atomic E-state index is 5.65. The molecule has 1 heterocycles. The maximum Gasteiger partial charge on any atom is 0.186 e. The third-order valence-electron chi connectivity index (χ3n) is 2.72. The van der Waals surface area contributed by atoms with Crippen LogP contribution in [0.5, 0.6) is 11.5 Å². The van der Waals surface area contributed by atoms with E-state index in [1.54, 1.807) is 7.05 Å². The van der Waals surface area contributed by atoms with Crippen LogP contribution in [0.4, 0.5) is 0 Å². The lowest BCUT2D eigenvalue weighted by Gasteiger charge is -2.09. The first kappa shape index (κ1) is 13.6. The standard InChI is InChI=1S/C13H17N3O2S/c1-9(15-16-13(19)14-2)10-4-5-11-12(8-10)18-7-3-6-17-11/h4-5,8H,3,6-7H2,1-2H3,(H2,14,16,19)/b15-9-. The van der Waals surface area contributed by atoms with Gasteiger partial charge >= 0.3 is 0 Å². The third-order valence-corrected chi connectivity index (χ3v) is 3.01. The fraction of sp³-hybridized carbons (Fsp3) is 0.385. The molecule has 1 aromatic rings. The second-order valence-corrected chi connectivity index (χ2v) is 4.51. The Bertz CT molecular complexity index is 503. The van der Waals surface area contributed by atoms with E-state index in [1.165, 1.54) is 0 Å². The van der Waals surface area contributed by atoms with E-state index in [2.05, 4.69) is 15.8 Å².